The van der Waals surface area contributed by atoms with Crippen LogP contribution in [0.1, 0.15) is 32.6 Å². The Kier molecular flexibility index (Phi) is 3.72. The predicted octanol–water partition coefficient (Wildman–Crippen LogP) is 4.64. The minimum Gasteiger partial charge on any atom is -0.288 e. The van der Waals surface area contributed by atoms with Crippen molar-refractivity contribution in [2.45, 2.75) is 20.8 Å². The van der Waals surface area contributed by atoms with Crippen LogP contribution in [-0.4, -0.2) is 5.78 Å². The fraction of sp³-hybridized carbons (Fsp3) is 0.188. The Morgan fingerprint density at radius 2 is 1.63 bits per heavy atom. The Morgan fingerprint density at radius 3 is 2.32 bits per heavy atom. The molecule has 0 fully saturated rings. The molecular formula is C16H14ClFO. The van der Waals surface area contributed by atoms with Gasteiger partial charge in [-0.15, -0.1) is 0 Å². The van der Waals surface area contributed by atoms with Crippen LogP contribution in [0.15, 0.2) is 30.3 Å². The second-order valence-electron chi connectivity index (χ2n) is 4.68. The minimum absolute atomic E-state index is 0.0603. The highest BCUT2D eigenvalue weighted by molar-refractivity contribution is 6.35. The highest BCUT2D eigenvalue weighted by Crippen LogP contribution is 2.25. The molecule has 0 aliphatic heterocycles. The summed E-state index contributed by atoms with van der Waals surface area (Å²) in [6.45, 7) is 5.45. The summed E-state index contributed by atoms with van der Waals surface area (Å²) >= 11 is 6.10. The zero-order valence-electron chi connectivity index (χ0n) is 11.1. The fourth-order valence-corrected chi connectivity index (χ4v) is 2.23. The van der Waals surface area contributed by atoms with Crippen molar-refractivity contribution in [2.24, 2.45) is 0 Å². The van der Waals surface area contributed by atoms with Crippen LogP contribution in [-0.2, 0) is 0 Å². The lowest BCUT2D eigenvalue weighted by Gasteiger charge is -2.09. The van der Waals surface area contributed by atoms with Crippen molar-refractivity contribution >= 4 is 17.4 Å². The van der Waals surface area contributed by atoms with Gasteiger partial charge in [0, 0.05) is 5.56 Å². The average molecular weight is 277 g/mol. The summed E-state index contributed by atoms with van der Waals surface area (Å²) in [5, 5.41) is 0.356. The third-order valence-electron chi connectivity index (χ3n) is 3.26. The Labute approximate surface area is 117 Å². The molecule has 0 saturated heterocycles. The molecule has 0 aromatic heterocycles. The Bertz CT molecular complexity index is 662. The van der Waals surface area contributed by atoms with Crippen LogP contribution in [0.5, 0.6) is 0 Å². The molecule has 0 aliphatic rings. The van der Waals surface area contributed by atoms with Gasteiger partial charge in [-0.25, -0.2) is 4.39 Å². The van der Waals surface area contributed by atoms with Crippen molar-refractivity contribution in [3.8, 4) is 0 Å². The second-order valence-corrected chi connectivity index (χ2v) is 5.09. The van der Waals surface area contributed by atoms with E-state index >= 15 is 0 Å². The quantitative estimate of drug-likeness (QED) is 0.731. The summed E-state index contributed by atoms with van der Waals surface area (Å²) in [6.07, 6.45) is 0. The van der Waals surface area contributed by atoms with E-state index in [0.29, 0.717) is 16.1 Å². The molecule has 1 nitrogen and oxygen atoms in total. The van der Waals surface area contributed by atoms with Crippen molar-refractivity contribution in [3.05, 3.63) is 69.0 Å². The van der Waals surface area contributed by atoms with Gasteiger partial charge >= 0.3 is 0 Å². The second kappa shape index (κ2) is 5.14. The molecule has 0 unspecified atom stereocenters. The summed E-state index contributed by atoms with van der Waals surface area (Å²) in [5.74, 6) is -0.865. The van der Waals surface area contributed by atoms with Gasteiger partial charge in [0.2, 0.25) is 0 Å². The first-order chi connectivity index (χ1) is 8.91. The van der Waals surface area contributed by atoms with Gasteiger partial charge in [-0.1, -0.05) is 23.7 Å². The molecule has 2 rings (SSSR count). The normalized spacial score (nSPS) is 10.6. The Balaban J connectivity index is 2.56. The first kappa shape index (κ1) is 13.8. The van der Waals surface area contributed by atoms with Crippen molar-refractivity contribution in [3.63, 3.8) is 0 Å². The van der Waals surface area contributed by atoms with Gasteiger partial charge in [-0.2, -0.15) is 0 Å². The van der Waals surface area contributed by atoms with Gasteiger partial charge in [-0.3, -0.25) is 4.79 Å². The van der Waals surface area contributed by atoms with Crippen LogP contribution < -0.4 is 0 Å². The van der Waals surface area contributed by atoms with Crippen LogP contribution >= 0.6 is 11.6 Å². The van der Waals surface area contributed by atoms with Gasteiger partial charge in [0.05, 0.1) is 10.6 Å². The molecule has 3 heteroatoms. The molecular weight excluding hydrogens is 263 g/mol. The van der Waals surface area contributed by atoms with Crippen LogP contribution in [0.4, 0.5) is 4.39 Å². The molecule has 0 N–H and O–H groups in total. The highest BCUT2D eigenvalue weighted by Gasteiger charge is 2.18. The third-order valence-corrected chi connectivity index (χ3v) is 3.58. The van der Waals surface area contributed by atoms with E-state index in [4.69, 9.17) is 11.6 Å². The molecule has 0 amide bonds. The average Bonchev–Trinajstić information content (AvgIpc) is 2.36. The molecule has 98 valence electrons. The van der Waals surface area contributed by atoms with Gasteiger partial charge in [0.15, 0.2) is 5.78 Å². The standard InChI is InChI=1S/C16H14ClFO/c1-9-5-4-6-12(15(9)18)16(19)13-7-10(2)11(3)8-14(13)17/h4-8H,1-3H3. The molecule has 2 aromatic rings. The highest BCUT2D eigenvalue weighted by atomic mass is 35.5. The summed E-state index contributed by atoms with van der Waals surface area (Å²) in [4.78, 5) is 12.4. The fourth-order valence-electron chi connectivity index (χ4n) is 1.92. The van der Waals surface area contributed by atoms with Crippen molar-refractivity contribution < 1.29 is 9.18 Å². The molecule has 0 saturated carbocycles. The number of ketones is 1. The van der Waals surface area contributed by atoms with Crippen LogP contribution in [0, 0.1) is 26.6 Å². The van der Waals surface area contributed by atoms with Crippen molar-refractivity contribution in [1.29, 1.82) is 0 Å². The van der Waals surface area contributed by atoms with E-state index in [1.807, 2.05) is 13.8 Å². The summed E-state index contributed by atoms with van der Waals surface area (Å²) in [7, 11) is 0. The number of aryl methyl sites for hydroxylation is 3. The molecule has 0 bridgehead atoms. The summed E-state index contributed by atoms with van der Waals surface area (Å²) in [6, 6.07) is 8.23. The molecule has 0 aliphatic carbocycles. The SMILES string of the molecule is Cc1cc(Cl)c(C(=O)c2cccc(C)c2F)cc1C. The number of hydrogen-bond donors (Lipinski definition) is 0. The first-order valence-electron chi connectivity index (χ1n) is 5.98. The number of carbonyl (C=O) groups is 1. The van der Waals surface area contributed by atoms with E-state index in [-0.39, 0.29) is 11.3 Å². The zero-order valence-corrected chi connectivity index (χ0v) is 11.8. The van der Waals surface area contributed by atoms with E-state index in [1.165, 1.54) is 6.07 Å². The lowest BCUT2D eigenvalue weighted by molar-refractivity contribution is 0.103. The van der Waals surface area contributed by atoms with E-state index in [1.54, 1.807) is 31.2 Å². The molecule has 0 atom stereocenters. The van der Waals surface area contributed by atoms with Crippen LogP contribution in [0.3, 0.4) is 0 Å². The number of carbonyl (C=O) groups excluding carboxylic acids is 1. The largest absolute Gasteiger partial charge is 0.288 e. The van der Waals surface area contributed by atoms with Gasteiger partial charge in [-0.05, 0) is 55.7 Å². The number of hydrogen-bond acceptors (Lipinski definition) is 1. The van der Waals surface area contributed by atoms with E-state index in [9.17, 15) is 9.18 Å². The van der Waals surface area contributed by atoms with E-state index in [0.717, 1.165) is 11.1 Å². The maximum atomic E-state index is 14.0. The van der Waals surface area contributed by atoms with E-state index in [2.05, 4.69) is 0 Å². The topological polar surface area (TPSA) is 17.1 Å². The van der Waals surface area contributed by atoms with E-state index < -0.39 is 5.82 Å². The molecule has 0 heterocycles. The number of benzene rings is 2. The number of rotatable bonds is 2. The zero-order chi connectivity index (χ0) is 14.2. The minimum atomic E-state index is -0.484. The lowest BCUT2D eigenvalue weighted by atomic mass is 9.97. The monoisotopic (exact) mass is 276 g/mol. The lowest BCUT2D eigenvalue weighted by Crippen LogP contribution is -2.07. The van der Waals surface area contributed by atoms with Crippen molar-refractivity contribution in [1.82, 2.24) is 0 Å². The Morgan fingerprint density at radius 1 is 1.00 bits per heavy atom. The maximum Gasteiger partial charge on any atom is 0.197 e. The third kappa shape index (κ3) is 2.54. The Hall–Kier alpha value is -1.67. The van der Waals surface area contributed by atoms with Crippen LogP contribution in [0.25, 0.3) is 0 Å². The van der Waals surface area contributed by atoms with Gasteiger partial charge in [0.25, 0.3) is 0 Å². The molecule has 2 aromatic carbocycles. The molecule has 0 radical (unpaired) electrons. The number of halogens is 2. The van der Waals surface area contributed by atoms with Gasteiger partial charge in [0.1, 0.15) is 5.82 Å². The van der Waals surface area contributed by atoms with Crippen LogP contribution in [0.2, 0.25) is 5.02 Å². The van der Waals surface area contributed by atoms with Gasteiger partial charge < -0.3 is 0 Å². The van der Waals surface area contributed by atoms with Crippen molar-refractivity contribution in [2.75, 3.05) is 0 Å². The molecule has 19 heavy (non-hydrogen) atoms. The first-order valence-corrected chi connectivity index (χ1v) is 6.36. The smallest absolute Gasteiger partial charge is 0.197 e. The summed E-state index contributed by atoms with van der Waals surface area (Å²) < 4.78 is 14.0. The summed E-state index contributed by atoms with van der Waals surface area (Å²) in [5.41, 5.74) is 2.82. The molecule has 0 spiro atoms. The maximum absolute atomic E-state index is 14.0. The predicted molar refractivity (Wildman–Crippen MR) is 75.5 cm³/mol.